The molecule has 0 heterocycles. The quantitative estimate of drug-likeness (QED) is 0.694. The molecule has 75 valence electrons. The topological polar surface area (TPSA) is 17.1 Å². The Morgan fingerprint density at radius 2 is 1.86 bits per heavy atom. The predicted octanol–water partition coefficient (Wildman–Crippen LogP) is 3.39. The van der Waals surface area contributed by atoms with E-state index >= 15 is 0 Å². The first-order chi connectivity index (χ1) is 6.75. The third kappa shape index (κ3) is 2.99. The third-order valence-electron chi connectivity index (χ3n) is 2.33. The summed E-state index contributed by atoms with van der Waals surface area (Å²) in [5, 5.41) is 0. The summed E-state index contributed by atoms with van der Waals surface area (Å²) in [7, 11) is 0. The van der Waals surface area contributed by atoms with Gasteiger partial charge in [0.15, 0.2) is 0 Å². The standard InChI is InChI=1S/C13H17O/c1-3-4-10-13(11(2)14)12-8-6-5-7-9-12/h5-9H,3-4,10H2,1-2H3. The number of unbranched alkanes of at least 4 members (excludes halogenated alkanes) is 1. The number of rotatable bonds is 5. The first-order valence-corrected chi connectivity index (χ1v) is 5.18. The van der Waals surface area contributed by atoms with Crippen molar-refractivity contribution in [2.24, 2.45) is 0 Å². The van der Waals surface area contributed by atoms with Crippen molar-refractivity contribution in [1.29, 1.82) is 0 Å². The Balaban J connectivity index is 2.73. The number of Topliss-reactive ketones (excluding diaryl/α,β-unsaturated/α-hetero) is 1. The molecule has 0 saturated carbocycles. The molecule has 0 aromatic heterocycles. The van der Waals surface area contributed by atoms with Crippen molar-refractivity contribution in [3.8, 4) is 0 Å². The molecule has 0 bridgehead atoms. The number of hydrogen-bond donors (Lipinski definition) is 0. The second-order valence-corrected chi connectivity index (χ2v) is 3.50. The average Bonchev–Trinajstić information content (AvgIpc) is 2.19. The first-order valence-electron chi connectivity index (χ1n) is 5.18. The lowest BCUT2D eigenvalue weighted by Crippen LogP contribution is -2.09. The SMILES string of the molecule is CCCC[C](C(C)=O)c1ccccc1. The fourth-order valence-corrected chi connectivity index (χ4v) is 1.52. The van der Waals surface area contributed by atoms with Gasteiger partial charge in [0.2, 0.25) is 0 Å². The number of carbonyl (C=O) groups is 1. The normalized spacial score (nSPS) is 10.5. The maximum Gasteiger partial charge on any atom is 0.141 e. The second-order valence-electron chi connectivity index (χ2n) is 3.50. The highest BCUT2D eigenvalue weighted by Crippen LogP contribution is 2.21. The predicted molar refractivity (Wildman–Crippen MR) is 59.0 cm³/mol. The molecule has 1 aromatic rings. The minimum Gasteiger partial charge on any atom is -0.299 e. The lowest BCUT2D eigenvalue weighted by atomic mass is 9.90. The summed E-state index contributed by atoms with van der Waals surface area (Å²) < 4.78 is 0. The molecule has 0 N–H and O–H groups in total. The van der Waals surface area contributed by atoms with Gasteiger partial charge in [-0.3, -0.25) is 4.79 Å². The van der Waals surface area contributed by atoms with Crippen LogP contribution in [-0.2, 0) is 4.79 Å². The summed E-state index contributed by atoms with van der Waals surface area (Å²) in [5.41, 5.74) is 1.08. The van der Waals surface area contributed by atoms with Gasteiger partial charge < -0.3 is 0 Å². The lowest BCUT2D eigenvalue weighted by Gasteiger charge is -2.12. The van der Waals surface area contributed by atoms with E-state index in [0.29, 0.717) is 0 Å². The Hall–Kier alpha value is -1.11. The van der Waals surface area contributed by atoms with Gasteiger partial charge in [-0.2, -0.15) is 0 Å². The van der Waals surface area contributed by atoms with Gasteiger partial charge >= 0.3 is 0 Å². The maximum absolute atomic E-state index is 11.4. The highest BCUT2D eigenvalue weighted by Gasteiger charge is 2.16. The smallest absolute Gasteiger partial charge is 0.141 e. The molecular weight excluding hydrogens is 172 g/mol. The minimum absolute atomic E-state index is 0.199. The van der Waals surface area contributed by atoms with Crippen molar-refractivity contribution >= 4 is 5.78 Å². The van der Waals surface area contributed by atoms with Gasteiger partial charge in [0.05, 0.1) is 5.92 Å². The molecule has 14 heavy (non-hydrogen) atoms. The van der Waals surface area contributed by atoms with Crippen LogP contribution >= 0.6 is 0 Å². The van der Waals surface area contributed by atoms with E-state index in [4.69, 9.17) is 0 Å². The molecule has 0 atom stereocenters. The zero-order valence-electron chi connectivity index (χ0n) is 8.92. The van der Waals surface area contributed by atoms with E-state index in [9.17, 15) is 4.79 Å². The Morgan fingerprint density at radius 3 is 2.36 bits per heavy atom. The summed E-state index contributed by atoms with van der Waals surface area (Å²) in [5.74, 6) is 1.16. The molecule has 1 rings (SSSR count). The van der Waals surface area contributed by atoms with Crippen molar-refractivity contribution in [1.82, 2.24) is 0 Å². The highest BCUT2D eigenvalue weighted by atomic mass is 16.1. The van der Waals surface area contributed by atoms with Crippen LogP contribution in [0, 0.1) is 5.92 Å². The summed E-state index contributed by atoms with van der Waals surface area (Å²) in [6, 6.07) is 9.94. The van der Waals surface area contributed by atoms with Gasteiger partial charge in [0, 0.05) is 0 Å². The van der Waals surface area contributed by atoms with Gasteiger partial charge in [-0.05, 0) is 18.9 Å². The van der Waals surface area contributed by atoms with E-state index < -0.39 is 0 Å². The molecule has 0 aliphatic rings. The molecule has 0 aliphatic heterocycles. The number of benzene rings is 1. The molecule has 0 unspecified atom stereocenters. The largest absolute Gasteiger partial charge is 0.299 e. The number of hydrogen-bond acceptors (Lipinski definition) is 1. The summed E-state index contributed by atoms with van der Waals surface area (Å²) in [4.78, 5) is 11.4. The van der Waals surface area contributed by atoms with Crippen molar-refractivity contribution in [3.05, 3.63) is 41.8 Å². The van der Waals surface area contributed by atoms with E-state index in [2.05, 4.69) is 6.92 Å². The zero-order valence-corrected chi connectivity index (χ0v) is 8.92. The van der Waals surface area contributed by atoms with Crippen LogP contribution in [0.2, 0.25) is 0 Å². The van der Waals surface area contributed by atoms with Crippen molar-refractivity contribution in [3.63, 3.8) is 0 Å². The molecule has 1 heteroatoms. The number of ketones is 1. The summed E-state index contributed by atoms with van der Waals surface area (Å²) in [6.45, 7) is 3.79. The van der Waals surface area contributed by atoms with Crippen LogP contribution in [0.15, 0.2) is 30.3 Å². The van der Waals surface area contributed by atoms with Gasteiger partial charge in [0.25, 0.3) is 0 Å². The van der Waals surface area contributed by atoms with Gasteiger partial charge in [-0.1, -0.05) is 50.1 Å². The minimum atomic E-state index is 0.199. The van der Waals surface area contributed by atoms with E-state index in [1.54, 1.807) is 6.92 Å². The molecule has 1 radical (unpaired) electrons. The van der Waals surface area contributed by atoms with Crippen molar-refractivity contribution in [2.75, 3.05) is 0 Å². The molecule has 1 nitrogen and oxygen atoms in total. The Kier molecular flexibility index (Phi) is 4.37. The average molecular weight is 189 g/mol. The molecule has 0 fully saturated rings. The zero-order chi connectivity index (χ0) is 10.4. The van der Waals surface area contributed by atoms with Crippen LogP contribution < -0.4 is 0 Å². The molecule has 0 saturated heterocycles. The maximum atomic E-state index is 11.4. The Labute approximate surface area is 86.1 Å². The number of carbonyl (C=O) groups excluding carboxylic acids is 1. The van der Waals surface area contributed by atoms with Crippen LogP contribution in [0.1, 0.15) is 38.7 Å². The Bertz CT molecular complexity index is 277. The van der Waals surface area contributed by atoms with Crippen molar-refractivity contribution in [2.45, 2.75) is 33.1 Å². The Morgan fingerprint density at radius 1 is 1.21 bits per heavy atom. The molecule has 1 aromatic carbocycles. The third-order valence-corrected chi connectivity index (χ3v) is 2.33. The van der Waals surface area contributed by atoms with Gasteiger partial charge in [0.1, 0.15) is 5.78 Å². The second kappa shape index (κ2) is 5.58. The highest BCUT2D eigenvalue weighted by molar-refractivity contribution is 5.93. The molecule has 0 aliphatic carbocycles. The van der Waals surface area contributed by atoms with E-state index in [1.807, 2.05) is 30.3 Å². The van der Waals surface area contributed by atoms with Gasteiger partial charge in [-0.15, -0.1) is 0 Å². The first kappa shape index (κ1) is 11.0. The fraction of sp³-hybridized carbons (Fsp3) is 0.385. The van der Waals surface area contributed by atoms with E-state index in [0.717, 1.165) is 30.7 Å². The molecule has 0 spiro atoms. The molecule has 0 amide bonds. The van der Waals surface area contributed by atoms with Crippen molar-refractivity contribution < 1.29 is 4.79 Å². The van der Waals surface area contributed by atoms with Crippen LogP contribution in [0.25, 0.3) is 0 Å². The monoisotopic (exact) mass is 189 g/mol. The van der Waals surface area contributed by atoms with Crippen LogP contribution in [0.5, 0.6) is 0 Å². The van der Waals surface area contributed by atoms with Crippen LogP contribution in [0.3, 0.4) is 0 Å². The van der Waals surface area contributed by atoms with Crippen LogP contribution in [0.4, 0.5) is 0 Å². The van der Waals surface area contributed by atoms with Crippen LogP contribution in [-0.4, -0.2) is 5.78 Å². The summed E-state index contributed by atoms with van der Waals surface area (Å²) in [6.07, 6.45) is 3.11. The summed E-state index contributed by atoms with van der Waals surface area (Å²) >= 11 is 0. The van der Waals surface area contributed by atoms with E-state index in [-0.39, 0.29) is 5.78 Å². The van der Waals surface area contributed by atoms with E-state index in [1.165, 1.54) is 0 Å². The lowest BCUT2D eigenvalue weighted by molar-refractivity contribution is -0.115. The van der Waals surface area contributed by atoms with Gasteiger partial charge in [-0.25, -0.2) is 0 Å². The molecular formula is C13H17O. The fourth-order valence-electron chi connectivity index (χ4n) is 1.52.